The van der Waals surface area contributed by atoms with Gasteiger partial charge in [-0.05, 0) is 44.3 Å². The van der Waals surface area contributed by atoms with E-state index in [1.54, 1.807) is 11.8 Å². The summed E-state index contributed by atoms with van der Waals surface area (Å²) in [5.74, 6) is 1.41. The summed E-state index contributed by atoms with van der Waals surface area (Å²) in [5, 5.41) is 3.39. The number of carbonyl (C=O) groups is 1. The lowest BCUT2D eigenvalue weighted by molar-refractivity contribution is -0.121. The predicted molar refractivity (Wildman–Crippen MR) is 63.9 cm³/mol. The van der Waals surface area contributed by atoms with Crippen LogP contribution in [0.3, 0.4) is 0 Å². The number of nitrogens with one attached hydrogen (secondary N) is 1. The highest BCUT2D eigenvalue weighted by atomic mass is 32.2. The van der Waals surface area contributed by atoms with Gasteiger partial charge in [0.2, 0.25) is 5.91 Å². The van der Waals surface area contributed by atoms with Crippen molar-refractivity contribution in [3.8, 4) is 0 Å². The Hall–Kier alpha value is -0.220. The highest BCUT2D eigenvalue weighted by Gasteiger charge is 2.26. The monoisotopic (exact) mass is 228 g/mol. The molecule has 1 heterocycles. The van der Waals surface area contributed by atoms with Crippen molar-refractivity contribution >= 4 is 17.7 Å². The van der Waals surface area contributed by atoms with Gasteiger partial charge in [-0.3, -0.25) is 4.79 Å². The first-order chi connectivity index (χ1) is 7.25. The molecule has 0 aromatic rings. The van der Waals surface area contributed by atoms with Crippen LogP contribution in [0.4, 0.5) is 0 Å². The van der Waals surface area contributed by atoms with E-state index in [0.717, 1.165) is 37.9 Å². The second-order valence-electron chi connectivity index (χ2n) is 4.62. The van der Waals surface area contributed by atoms with Gasteiger partial charge in [0.1, 0.15) is 0 Å². The Balaban J connectivity index is 1.74. The van der Waals surface area contributed by atoms with Crippen molar-refractivity contribution in [2.75, 3.05) is 5.75 Å². The zero-order chi connectivity index (χ0) is 10.7. The molecule has 1 atom stereocenters. The molecule has 1 saturated heterocycles. The standard InChI is InChI=1S/C11H20N2OS/c12-8-3-5-9(6-4-8)13-11(14)10-2-1-7-15-10/h8-10H,1-7,12H2,(H,13,14). The Morgan fingerprint density at radius 2 is 1.93 bits per heavy atom. The van der Waals surface area contributed by atoms with Crippen LogP contribution < -0.4 is 11.1 Å². The number of hydrogen-bond donors (Lipinski definition) is 2. The Labute approximate surface area is 95.6 Å². The maximum atomic E-state index is 11.8. The molecule has 15 heavy (non-hydrogen) atoms. The van der Waals surface area contributed by atoms with Crippen molar-refractivity contribution < 1.29 is 4.79 Å². The minimum absolute atomic E-state index is 0.223. The van der Waals surface area contributed by atoms with Crippen molar-refractivity contribution in [1.29, 1.82) is 0 Å². The third-order valence-electron chi connectivity index (χ3n) is 3.34. The second kappa shape index (κ2) is 5.21. The molecule has 0 spiro atoms. The van der Waals surface area contributed by atoms with Gasteiger partial charge in [-0.25, -0.2) is 0 Å². The van der Waals surface area contributed by atoms with E-state index in [2.05, 4.69) is 5.32 Å². The molecule has 1 aliphatic carbocycles. The van der Waals surface area contributed by atoms with Crippen molar-refractivity contribution in [2.24, 2.45) is 5.73 Å². The van der Waals surface area contributed by atoms with Crippen LogP contribution in [-0.4, -0.2) is 29.0 Å². The summed E-state index contributed by atoms with van der Waals surface area (Å²) in [5.41, 5.74) is 5.83. The molecule has 0 bridgehead atoms. The fraction of sp³-hybridized carbons (Fsp3) is 0.909. The number of hydrogen-bond acceptors (Lipinski definition) is 3. The molecular formula is C11H20N2OS. The molecular weight excluding hydrogens is 208 g/mol. The highest BCUT2D eigenvalue weighted by molar-refractivity contribution is 8.00. The fourth-order valence-corrected chi connectivity index (χ4v) is 3.51. The van der Waals surface area contributed by atoms with Crippen LogP contribution in [-0.2, 0) is 4.79 Å². The molecule has 0 aromatic heterocycles. The van der Waals surface area contributed by atoms with Crippen LogP contribution in [0, 0.1) is 0 Å². The molecule has 0 radical (unpaired) electrons. The Morgan fingerprint density at radius 3 is 2.53 bits per heavy atom. The zero-order valence-corrected chi connectivity index (χ0v) is 9.89. The van der Waals surface area contributed by atoms with Gasteiger partial charge >= 0.3 is 0 Å². The van der Waals surface area contributed by atoms with Gasteiger partial charge in [0.15, 0.2) is 0 Å². The quantitative estimate of drug-likeness (QED) is 0.748. The molecule has 1 aliphatic heterocycles. The Kier molecular flexibility index (Phi) is 3.92. The Morgan fingerprint density at radius 1 is 1.20 bits per heavy atom. The topological polar surface area (TPSA) is 55.1 Å². The van der Waals surface area contributed by atoms with Crippen LogP contribution in [0.25, 0.3) is 0 Å². The maximum absolute atomic E-state index is 11.8. The van der Waals surface area contributed by atoms with Crippen molar-refractivity contribution in [3.63, 3.8) is 0 Å². The molecule has 86 valence electrons. The third kappa shape index (κ3) is 3.11. The minimum Gasteiger partial charge on any atom is -0.352 e. The molecule has 3 N–H and O–H groups in total. The van der Waals surface area contributed by atoms with Crippen LogP contribution in [0.1, 0.15) is 38.5 Å². The van der Waals surface area contributed by atoms with Crippen molar-refractivity contribution in [3.05, 3.63) is 0 Å². The van der Waals surface area contributed by atoms with Crippen molar-refractivity contribution in [2.45, 2.75) is 55.9 Å². The number of carbonyl (C=O) groups excluding carboxylic acids is 1. The largest absolute Gasteiger partial charge is 0.352 e. The van der Waals surface area contributed by atoms with E-state index in [0.29, 0.717) is 12.1 Å². The molecule has 2 fully saturated rings. The molecule has 1 saturated carbocycles. The summed E-state index contributed by atoms with van der Waals surface area (Å²) in [7, 11) is 0. The molecule has 3 nitrogen and oxygen atoms in total. The van der Waals surface area contributed by atoms with Gasteiger partial charge in [-0.2, -0.15) is 0 Å². The van der Waals surface area contributed by atoms with Gasteiger partial charge in [0.05, 0.1) is 5.25 Å². The summed E-state index contributed by atoms with van der Waals surface area (Å²) in [6.07, 6.45) is 6.49. The number of thioether (sulfide) groups is 1. The number of amides is 1. The normalized spacial score (nSPS) is 36.5. The van der Waals surface area contributed by atoms with E-state index in [4.69, 9.17) is 5.73 Å². The van der Waals surface area contributed by atoms with Crippen LogP contribution in [0.5, 0.6) is 0 Å². The van der Waals surface area contributed by atoms with Crippen molar-refractivity contribution in [1.82, 2.24) is 5.32 Å². The number of rotatable bonds is 2. The Bertz CT molecular complexity index is 221. The first-order valence-electron chi connectivity index (χ1n) is 5.93. The lowest BCUT2D eigenvalue weighted by Crippen LogP contribution is -2.43. The molecule has 1 unspecified atom stereocenters. The predicted octanol–water partition coefficient (Wildman–Crippen LogP) is 1.27. The first-order valence-corrected chi connectivity index (χ1v) is 6.98. The van der Waals surface area contributed by atoms with Gasteiger partial charge in [-0.15, -0.1) is 11.8 Å². The van der Waals surface area contributed by atoms with Gasteiger partial charge in [0, 0.05) is 12.1 Å². The summed E-state index contributed by atoms with van der Waals surface area (Å²) in [4.78, 5) is 11.8. The van der Waals surface area contributed by atoms with Crippen LogP contribution in [0.2, 0.25) is 0 Å². The molecule has 4 heteroatoms. The fourth-order valence-electron chi connectivity index (χ4n) is 2.34. The maximum Gasteiger partial charge on any atom is 0.233 e. The zero-order valence-electron chi connectivity index (χ0n) is 9.08. The van der Waals surface area contributed by atoms with E-state index >= 15 is 0 Å². The van der Waals surface area contributed by atoms with E-state index in [9.17, 15) is 4.79 Å². The third-order valence-corrected chi connectivity index (χ3v) is 4.72. The van der Waals surface area contributed by atoms with E-state index in [1.807, 2.05) is 0 Å². The summed E-state index contributed by atoms with van der Waals surface area (Å²) < 4.78 is 0. The lowest BCUT2D eigenvalue weighted by atomic mass is 9.92. The highest BCUT2D eigenvalue weighted by Crippen LogP contribution is 2.27. The summed E-state index contributed by atoms with van der Waals surface area (Å²) >= 11 is 1.80. The van der Waals surface area contributed by atoms with Crippen LogP contribution >= 0.6 is 11.8 Å². The van der Waals surface area contributed by atoms with Gasteiger partial charge in [-0.1, -0.05) is 0 Å². The molecule has 0 aromatic carbocycles. The summed E-state index contributed by atoms with van der Waals surface area (Å²) in [6, 6.07) is 0.748. The van der Waals surface area contributed by atoms with E-state index in [1.165, 1.54) is 6.42 Å². The average Bonchev–Trinajstić information content (AvgIpc) is 2.74. The van der Waals surface area contributed by atoms with E-state index in [-0.39, 0.29) is 11.2 Å². The molecule has 2 rings (SSSR count). The van der Waals surface area contributed by atoms with Gasteiger partial charge < -0.3 is 11.1 Å². The van der Waals surface area contributed by atoms with E-state index < -0.39 is 0 Å². The average molecular weight is 228 g/mol. The van der Waals surface area contributed by atoms with Crippen LogP contribution in [0.15, 0.2) is 0 Å². The first kappa shape index (κ1) is 11.3. The smallest absolute Gasteiger partial charge is 0.233 e. The molecule has 1 amide bonds. The number of nitrogens with two attached hydrogens (primary N) is 1. The molecule has 2 aliphatic rings. The SMILES string of the molecule is NC1CCC(NC(=O)C2CCCS2)CC1. The lowest BCUT2D eigenvalue weighted by Gasteiger charge is -2.27. The second-order valence-corrected chi connectivity index (χ2v) is 5.93. The summed E-state index contributed by atoms with van der Waals surface area (Å²) in [6.45, 7) is 0. The minimum atomic E-state index is 0.223. The van der Waals surface area contributed by atoms with Gasteiger partial charge in [0.25, 0.3) is 0 Å².